The normalized spacial score (nSPS) is 9.80. The summed E-state index contributed by atoms with van der Waals surface area (Å²) in [6.45, 7) is 4.92. The molecule has 0 radical (unpaired) electrons. The Morgan fingerprint density at radius 3 is 2.73 bits per heavy atom. The van der Waals surface area contributed by atoms with Gasteiger partial charge in [0.15, 0.2) is 0 Å². The summed E-state index contributed by atoms with van der Waals surface area (Å²) in [6.07, 6.45) is 3.01. The second-order valence-corrected chi connectivity index (χ2v) is 3.20. The topological polar surface area (TPSA) is 39.4 Å². The smallest absolute Gasteiger partial charge is 0.0894 e. The molecule has 0 saturated carbocycles. The molecule has 82 valence electrons. The van der Waals surface area contributed by atoms with Gasteiger partial charge in [0, 0.05) is 19.9 Å². The van der Waals surface area contributed by atoms with Crippen molar-refractivity contribution in [3.63, 3.8) is 0 Å². The molecule has 15 heavy (non-hydrogen) atoms. The number of pyridine rings is 1. The van der Waals surface area contributed by atoms with Crippen molar-refractivity contribution in [2.75, 3.05) is 13.7 Å². The summed E-state index contributed by atoms with van der Waals surface area (Å²) in [6, 6.07) is 5.90. The van der Waals surface area contributed by atoms with Crippen LogP contribution in [0.3, 0.4) is 0 Å². The minimum absolute atomic E-state index is 0.889. The molecule has 0 fully saturated rings. The van der Waals surface area contributed by atoms with Crippen molar-refractivity contribution >= 4 is 5.52 Å². The van der Waals surface area contributed by atoms with Crippen LogP contribution in [0.2, 0.25) is 0 Å². The van der Waals surface area contributed by atoms with Gasteiger partial charge in [-0.25, -0.2) is 4.52 Å². The molecular formula is C11H17N3O. The molecule has 0 aliphatic carbocycles. The molecule has 0 aromatic carbocycles. The van der Waals surface area contributed by atoms with Crippen molar-refractivity contribution < 1.29 is 4.74 Å². The van der Waals surface area contributed by atoms with Gasteiger partial charge < -0.3 is 4.74 Å². The van der Waals surface area contributed by atoms with Crippen LogP contribution in [0.4, 0.5) is 0 Å². The van der Waals surface area contributed by atoms with Crippen molar-refractivity contribution in [3.8, 4) is 0 Å². The van der Waals surface area contributed by atoms with E-state index in [0.717, 1.165) is 24.2 Å². The Morgan fingerprint density at radius 2 is 2.20 bits per heavy atom. The average molecular weight is 207 g/mol. The highest BCUT2D eigenvalue weighted by molar-refractivity contribution is 5.48. The Kier molecular flexibility index (Phi) is 4.77. The molecule has 0 aliphatic rings. The fourth-order valence-electron chi connectivity index (χ4n) is 1.17. The van der Waals surface area contributed by atoms with Crippen molar-refractivity contribution in [1.82, 2.24) is 14.8 Å². The van der Waals surface area contributed by atoms with Gasteiger partial charge in [-0.15, -0.1) is 5.10 Å². The first-order chi connectivity index (χ1) is 7.29. The Balaban J connectivity index is 0.000000195. The Labute approximate surface area is 89.9 Å². The second-order valence-electron chi connectivity index (χ2n) is 3.20. The van der Waals surface area contributed by atoms with Crippen LogP contribution >= 0.6 is 0 Å². The summed E-state index contributed by atoms with van der Waals surface area (Å²) in [4.78, 5) is 0. The first-order valence-corrected chi connectivity index (χ1v) is 5.05. The Bertz CT molecular complexity index is 395. The molecule has 0 N–H and O–H groups in total. The lowest BCUT2D eigenvalue weighted by Gasteiger charge is -1.87. The molecule has 2 aromatic heterocycles. The molecule has 0 bridgehead atoms. The lowest BCUT2D eigenvalue weighted by atomic mass is 10.3. The lowest BCUT2D eigenvalue weighted by molar-refractivity contribution is 0.199. The Morgan fingerprint density at radius 1 is 1.40 bits per heavy atom. The molecule has 0 atom stereocenters. The lowest BCUT2D eigenvalue weighted by Crippen LogP contribution is -1.83. The van der Waals surface area contributed by atoms with E-state index in [4.69, 9.17) is 4.74 Å². The summed E-state index contributed by atoms with van der Waals surface area (Å²) in [5, 5.41) is 7.79. The number of methoxy groups -OCH3 is 1. The van der Waals surface area contributed by atoms with Gasteiger partial charge in [-0.3, -0.25) is 0 Å². The largest absolute Gasteiger partial charge is 0.385 e. The van der Waals surface area contributed by atoms with Gasteiger partial charge >= 0.3 is 0 Å². The van der Waals surface area contributed by atoms with E-state index in [9.17, 15) is 0 Å². The molecular weight excluding hydrogens is 190 g/mol. The third-order valence-electron chi connectivity index (χ3n) is 1.91. The van der Waals surface area contributed by atoms with E-state index < -0.39 is 0 Å². The van der Waals surface area contributed by atoms with Gasteiger partial charge in [-0.05, 0) is 25.5 Å². The number of nitrogens with zero attached hydrogens (tertiary/aromatic N) is 3. The molecule has 4 nitrogen and oxygen atoms in total. The third-order valence-corrected chi connectivity index (χ3v) is 1.91. The molecule has 0 unspecified atom stereocenters. The molecule has 0 saturated heterocycles. The van der Waals surface area contributed by atoms with Gasteiger partial charge in [-0.2, -0.15) is 0 Å². The zero-order valence-corrected chi connectivity index (χ0v) is 9.47. The molecule has 0 spiro atoms. The van der Waals surface area contributed by atoms with Crippen LogP contribution in [0.1, 0.15) is 19.0 Å². The van der Waals surface area contributed by atoms with Crippen molar-refractivity contribution in [2.24, 2.45) is 0 Å². The fourth-order valence-corrected chi connectivity index (χ4v) is 1.17. The number of ether oxygens (including phenoxy) is 1. The maximum absolute atomic E-state index is 4.69. The van der Waals surface area contributed by atoms with E-state index in [-0.39, 0.29) is 0 Å². The molecule has 0 amide bonds. The van der Waals surface area contributed by atoms with E-state index in [1.165, 1.54) is 0 Å². The van der Waals surface area contributed by atoms with Crippen LogP contribution in [0.25, 0.3) is 5.52 Å². The third kappa shape index (κ3) is 3.32. The van der Waals surface area contributed by atoms with Gasteiger partial charge in [0.25, 0.3) is 0 Å². The molecule has 4 heteroatoms. The van der Waals surface area contributed by atoms with Crippen molar-refractivity contribution in [1.29, 1.82) is 0 Å². The standard InChI is InChI=1S/C7H7N3.C4H10O/c1-6-7-4-2-3-5-10(7)9-8-6;1-3-4-5-2/h2-5H,1H3;3-4H2,1-2H3. The van der Waals surface area contributed by atoms with Crippen LogP contribution in [0.5, 0.6) is 0 Å². The highest BCUT2D eigenvalue weighted by Gasteiger charge is 1.96. The zero-order chi connectivity index (χ0) is 11.1. The summed E-state index contributed by atoms with van der Waals surface area (Å²) in [7, 11) is 1.71. The second kappa shape index (κ2) is 6.14. The first-order valence-electron chi connectivity index (χ1n) is 5.05. The molecule has 2 rings (SSSR count). The van der Waals surface area contributed by atoms with E-state index in [0.29, 0.717) is 0 Å². The SMILES string of the molecule is CCCOC.Cc1nnn2ccccc12. The summed E-state index contributed by atoms with van der Waals surface area (Å²) in [5.41, 5.74) is 2.04. The summed E-state index contributed by atoms with van der Waals surface area (Å²) < 4.78 is 6.45. The number of aromatic nitrogens is 3. The van der Waals surface area contributed by atoms with Crippen LogP contribution in [-0.2, 0) is 4.74 Å². The van der Waals surface area contributed by atoms with E-state index in [2.05, 4.69) is 17.2 Å². The van der Waals surface area contributed by atoms with Crippen molar-refractivity contribution in [3.05, 3.63) is 30.1 Å². The van der Waals surface area contributed by atoms with Gasteiger partial charge in [0.1, 0.15) is 0 Å². The van der Waals surface area contributed by atoms with E-state index in [1.54, 1.807) is 11.6 Å². The highest BCUT2D eigenvalue weighted by atomic mass is 16.5. The molecule has 2 aromatic rings. The fraction of sp³-hybridized carbons (Fsp3) is 0.455. The number of aryl methyl sites for hydroxylation is 1. The summed E-state index contributed by atoms with van der Waals surface area (Å²) >= 11 is 0. The number of hydrogen-bond acceptors (Lipinski definition) is 3. The van der Waals surface area contributed by atoms with Crippen molar-refractivity contribution in [2.45, 2.75) is 20.3 Å². The van der Waals surface area contributed by atoms with Gasteiger partial charge in [0.05, 0.1) is 11.2 Å². The monoisotopic (exact) mass is 207 g/mol. The van der Waals surface area contributed by atoms with E-state index in [1.807, 2.05) is 31.3 Å². The minimum Gasteiger partial charge on any atom is -0.385 e. The van der Waals surface area contributed by atoms with E-state index >= 15 is 0 Å². The predicted octanol–water partition coefficient (Wildman–Crippen LogP) is 2.08. The molecule has 0 aliphatic heterocycles. The maximum atomic E-state index is 4.69. The summed E-state index contributed by atoms with van der Waals surface area (Å²) in [5.74, 6) is 0. The number of fused-ring (bicyclic) bond motifs is 1. The quantitative estimate of drug-likeness (QED) is 0.757. The Hall–Kier alpha value is -1.42. The van der Waals surface area contributed by atoms with Crippen LogP contribution < -0.4 is 0 Å². The van der Waals surface area contributed by atoms with Gasteiger partial charge in [0.2, 0.25) is 0 Å². The van der Waals surface area contributed by atoms with Gasteiger partial charge in [-0.1, -0.05) is 18.2 Å². The first kappa shape index (κ1) is 11.7. The number of hydrogen-bond donors (Lipinski definition) is 0. The van der Waals surface area contributed by atoms with Crippen LogP contribution in [0.15, 0.2) is 24.4 Å². The highest BCUT2D eigenvalue weighted by Crippen LogP contribution is 2.03. The van der Waals surface area contributed by atoms with Crippen LogP contribution in [-0.4, -0.2) is 28.5 Å². The average Bonchev–Trinajstić information content (AvgIpc) is 2.64. The minimum atomic E-state index is 0.889. The zero-order valence-electron chi connectivity index (χ0n) is 9.47. The van der Waals surface area contributed by atoms with Crippen LogP contribution in [0, 0.1) is 6.92 Å². The number of rotatable bonds is 2. The predicted molar refractivity (Wildman–Crippen MR) is 59.9 cm³/mol. The maximum Gasteiger partial charge on any atom is 0.0894 e. The molecule has 2 heterocycles.